The van der Waals surface area contributed by atoms with Crippen LogP contribution in [-0.2, 0) is 4.79 Å². The molecule has 0 spiro atoms. The third-order valence-electron chi connectivity index (χ3n) is 0.928. The van der Waals surface area contributed by atoms with E-state index in [1.54, 1.807) is 6.92 Å². The van der Waals surface area contributed by atoms with Crippen LogP contribution in [0.3, 0.4) is 0 Å². The van der Waals surface area contributed by atoms with Gasteiger partial charge >= 0.3 is 5.97 Å². The van der Waals surface area contributed by atoms with Crippen LogP contribution in [0, 0.1) is 0 Å². The van der Waals surface area contributed by atoms with Crippen LogP contribution >= 0.6 is 0 Å². The molecule has 0 aliphatic carbocycles. The average molecular weight is 114 g/mol. The Balaban J connectivity index is 3.75. The van der Waals surface area contributed by atoms with Gasteiger partial charge in [0.15, 0.2) is 0 Å². The Hall–Kier alpha value is -0.790. The van der Waals surface area contributed by atoms with Crippen molar-refractivity contribution in [3.8, 4) is 0 Å². The molecule has 0 bridgehead atoms. The molecular formula is C6H10O2. The third kappa shape index (κ3) is 3.40. The Morgan fingerprint density at radius 1 is 1.75 bits per heavy atom. The van der Waals surface area contributed by atoms with E-state index in [1.807, 2.05) is 6.92 Å². The van der Waals surface area contributed by atoms with Crippen molar-refractivity contribution in [1.29, 1.82) is 0 Å². The van der Waals surface area contributed by atoms with Gasteiger partial charge in [-0.05, 0) is 13.3 Å². The van der Waals surface area contributed by atoms with Gasteiger partial charge in [0, 0.05) is 6.08 Å². The summed E-state index contributed by atoms with van der Waals surface area (Å²) in [7, 11) is 0. The van der Waals surface area contributed by atoms with Gasteiger partial charge in [-0.25, -0.2) is 4.79 Å². The highest BCUT2D eigenvalue weighted by molar-refractivity contribution is 5.80. The molecule has 0 aromatic carbocycles. The van der Waals surface area contributed by atoms with Crippen molar-refractivity contribution in [1.82, 2.24) is 0 Å². The summed E-state index contributed by atoms with van der Waals surface area (Å²) >= 11 is 0. The first-order chi connectivity index (χ1) is 3.66. The van der Waals surface area contributed by atoms with Gasteiger partial charge < -0.3 is 5.11 Å². The molecule has 0 fully saturated rings. The van der Waals surface area contributed by atoms with E-state index in [4.69, 9.17) is 5.11 Å². The molecule has 0 heterocycles. The number of allylic oxidation sites excluding steroid dienone is 1. The maximum Gasteiger partial charge on any atom is 0.328 e. The Bertz CT molecular complexity index is 114. The molecule has 2 nitrogen and oxygen atoms in total. The Morgan fingerprint density at radius 2 is 2.25 bits per heavy atom. The summed E-state index contributed by atoms with van der Waals surface area (Å²) in [5.41, 5.74) is 0.900. The maximum absolute atomic E-state index is 9.89. The number of carboxylic acids is 1. The van der Waals surface area contributed by atoms with Gasteiger partial charge in [0.25, 0.3) is 0 Å². The number of aliphatic carboxylic acids is 1. The monoisotopic (exact) mass is 114 g/mol. The molecule has 0 aliphatic rings. The van der Waals surface area contributed by atoms with Crippen molar-refractivity contribution in [2.24, 2.45) is 0 Å². The number of hydrogen-bond acceptors (Lipinski definition) is 1. The van der Waals surface area contributed by atoms with Crippen molar-refractivity contribution < 1.29 is 9.90 Å². The quantitative estimate of drug-likeness (QED) is 0.551. The zero-order valence-electron chi connectivity index (χ0n) is 5.14. The molecule has 0 amide bonds. The van der Waals surface area contributed by atoms with Crippen LogP contribution in [0.25, 0.3) is 0 Å². The predicted octanol–water partition coefficient (Wildman–Crippen LogP) is 1.43. The first-order valence-electron chi connectivity index (χ1n) is 2.57. The van der Waals surface area contributed by atoms with Crippen molar-refractivity contribution in [3.63, 3.8) is 0 Å². The van der Waals surface area contributed by atoms with Gasteiger partial charge in [-0.15, -0.1) is 0 Å². The van der Waals surface area contributed by atoms with Crippen LogP contribution < -0.4 is 0 Å². The molecule has 46 valence electrons. The van der Waals surface area contributed by atoms with Crippen LogP contribution in [0.5, 0.6) is 0 Å². The minimum absolute atomic E-state index is 0.812. The van der Waals surface area contributed by atoms with Gasteiger partial charge in [0.2, 0.25) is 0 Å². The summed E-state index contributed by atoms with van der Waals surface area (Å²) in [5, 5.41) is 8.14. The standard InChI is InChI=1S/C6H10O2/c1-3-5(2)4-6(7)8/h4H,3H2,1-2H3,(H,7,8). The second-order valence-corrected chi connectivity index (χ2v) is 1.68. The van der Waals surface area contributed by atoms with Crippen molar-refractivity contribution in [3.05, 3.63) is 11.6 Å². The van der Waals surface area contributed by atoms with Crippen molar-refractivity contribution in [2.75, 3.05) is 0 Å². The minimum atomic E-state index is -0.857. The summed E-state index contributed by atoms with van der Waals surface area (Å²) in [6.45, 7) is 3.73. The number of carbonyl (C=O) groups is 1. The first kappa shape index (κ1) is 7.21. The van der Waals surface area contributed by atoms with Crippen LogP contribution in [-0.4, -0.2) is 11.1 Å². The molecule has 0 aliphatic heterocycles. The molecule has 0 aromatic rings. The van der Waals surface area contributed by atoms with Crippen LogP contribution in [0.1, 0.15) is 20.3 Å². The van der Waals surface area contributed by atoms with Crippen LogP contribution in [0.4, 0.5) is 0 Å². The van der Waals surface area contributed by atoms with E-state index in [1.165, 1.54) is 6.08 Å². The van der Waals surface area contributed by atoms with E-state index < -0.39 is 5.97 Å². The summed E-state index contributed by atoms with van der Waals surface area (Å²) in [6, 6.07) is 0. The molecule has 2 heteroatoms. The van der Waals surface area contributed by atoms with E-state index >= 15 is 0 Å². The van der Waals surface area contributed by atoms with Crippen LogP contribution in [0.2, 0.25) is 0 Å². The lowest BCUT2D eigenvalue weighted by Crippen LogP contribution is -1.88. The van der Waals surface area contributed by atoms with E-state index in [-0.39, 0.29) is 0 Å². The fourth-order valence-corrected chi connectivity index (χ4v) is 0.313. The predicted molar refractivity (Wildman–Crippen MR) is 31.7 cm³/mol. The van der Waals surface area contributed by atoms with Crippen LogP contribution in [0.15, 0.2) is 11.6 Å². The van der Waals surface area contributed by atoms with E-state index in [2.05, 4.69) is 0 Å². The normalized spacial score (nSPS) is 11.5. The molecule has 0 saturated heterocycles. The molecule has 0 rings (SSSR count). The summed E-state index contributed by atoms with van der Waals surface area (Å²) in [6.07, 6.45) is 2.03. The Morgan fingerprint density at radius 3 is 2.38 bits per heavy atom. The van der Waals surface area contributed by atoms with Gasteiger partial charge in [0.05, 0.1) is 0 Å². The lowest BCUT2D eigenvalue weighted by molar-refractivity contribution is -0.131. The third-order valence-corrected chi connectivity index (χ3v) is 0.928. The second kappa shape index (κ2) is 3.24. The minimum Gasteiger partial charge on any atom is -0.478 e. The SMILES string of the molecule is CCC(C)=CC(=O)O. The van der Waals surface area contributed by atoms with E-state index in [0.717, 1.165) is 12.0 Å². The maximum atomic E-state index is 9.89. The summed E-state index contributed by atoms with van der Waals surface area (Å²) < 4.78 is 0. The second-order valence-electron chi connectivity index (χ2n) is 1.68. The van der Waals surface area contributed by atoms with Crippen molar-refractivity contribution in [2.45, 2.75) is 20.3 Å². The molecule has 1 N–H and O–H groups in total. The Kier molecular flexibility index (Phi) is 2.92. The Labute approximate surface area is 48.8 Å². The first-order valence-corrected chi connectivity index (χ1v) is 2.57. The zero-order chi connectivity index (χ0) is 6.57. The topological polar surface area (TPSA) is 37.3 Å². The number of hydrogen-bond donors (Lipinski definition) is 1. The fourth-order valence-electron chi connectivity index (χ4n) is 0.313. The smallest absolute Gasteiger partial charge is 0.328 e. The molecule has 0 unspecified atom stereocenters. The van der Waals surface area contributed by atoms with Crippen molar-refractivity contribution >= 4 is 5.97 Å². The highest BCUT2D eigenvalue weighted by Crippen LogP contribution is 1.95. The molecule has 0 radical (unpaired) electrons. The largest absolute Gasteiger partial charge is 0.478 e. The number of rotatable bonds is 2. The summed E-state index contributed by atoms with van der Waals surface area (Å²) in [5.74, 6) is -0.857. The van der Waals surface area contributed by atoms with Gasteiger partial charge in [0.1, 0.15) is 0 Å². The van der Waals surface area contributed by atoms with E-state index in [9.17, 15) is 4.79 Å². The van der Waals surface area contributed by atoms with E-state index in [0.29, 0.717) is 0 Å². The highest BCUT2D eigenvalue weighted by atomic mass is 16.4. The molecule has 0 aromatic heterocycles. The highest BCUT2D eigenvalue weighted by Gasteiger charge is 1.88. The lowest BCUT2D eigenvalue weighted by atomic mass is 10.2. The molecule has 0 saturated carbocycles. The summed E-state index contributed by atoms with van der Waals surface area (Å²) in [4.78, 5) is 9.89. The van der Waals surface area contributed by atoms with Gasteiger partial charge in [-0.3, -0.25) is 0 Å². The lowest BCUT2D eigenvalue weighted by Gasteiger charge is -1.87. The molecule has 8 heavy (non-hydrogen) atoms. The molecular weight excluding hydrogens is 104 g/mol. The van der Waals surface area contributed by atoms with Gasteiger partial charge in [-0.2, -0.15) is 0 Å². The van der Waals surface area contributed by atoms with Gasteiger partial charge in [-0.1, -0.05) is 12.5 Å². The molecule has 0 atom stereocenters. The number of carboxylic acid groups (broad SMARTS) is 1. The fraction of sp³-hybridized carbons (Fsp3) is 0.500. The zero-order valence-corrected chi connectivity index (χ0v) is 5.14. The average Bonchev–Trinajstić information content (AvgIpc) is 1.65.